The number of ketones is 1. The number of benzene rings is 2. The Morgan fingerprint density at radius 3 is 1.46 bits per heavy atom. The summed E-state index contributed by atoms with van der Waals surface area (Å²) in [6.07, 6.45) is 11.0. The molecule has 2 aromatic rings. The maximum atomic E-state index is 12.9. The van der Waals surface area contributed by atoms with Crippen molar-refractivity contribution in [1.29, 1.82) is 0 Å². The van der Waals surface area contributed by atoms with Crippen LogP contribution in [0.15, 0.2) is 47.6 Å². The zero-order valence-corrected chi connectivity index (χ0v) is 36.4. The minimum absolute atomic E-state index is 0. The van der Waals surface area contributed by atoms with E-state index in [-0.39, 0.29) is 70.7 Å². The number of allylic oxidation sites excluding steroid dienone is 4. The van der Waals surface area contributed by atoms with E-state index in [0.29, 0.717) is 17.9 Å². The summed E-state index contributed by atoms with van der Waals surface area (Å²) in [7, 11) is 8.86. The minimum Gasteiger partial charge on any atom is -1.00 e. The normalized spacial score (nSPS) is 20.9. The summed E-state index contributed by atoms with van der Waals surface area (Å²) in [5.41, 5.74) is 6.40. The van der Waals surface area contributed by atoms with Gasteiger partial charge in [-0.3, -0.25) is 14.4 Å². The third-order valence-electron chi connectivity index (χ3n) is 9.68. The van der Waals surface area contributed by atoms with E-state index < -0.39 is 25.9 Å². The number of hydrogen-bond donors (Lipinski definition) is 0. The number of carbonyl (C=O) groups excluding carboxylic acids is 2. The molecular formula is C42H62IMgNO7. The van der Waals surface area contributed by atoms with E-state index in [1.165, 1.54) is 23.3 Å². The van der Waals surface area contributed by atoms with Gasteiger partial charge in [0.15, 0.2) is 0 Å². The van der Waals surface area contributed by atoms with Crippen LogP contribution in [-0.2, 0) is 27.3 Å². The van der Waals surface area contributed by atoms with Gasteiger partial charge in [0.05, 0.1) is 41.5 Å². The Labute approximate surface area is 356 Å². The first-order valence-electron chi connectivity index (χ1n) is 20.4. The van der Waals surface area contributed by atoms with Gasteiger partial charge in [-0.1, -0.05) is 50.0 Å². The van der Waals surface area contributed by atoms with Gasteiger partial charge < -0.3 is 50.3 Å². The molecule has 0 unspecified atom stereocenters. The van der Waals surface area contributed by atoms with Crippen LogP contribution in [0.2, 0.25) is 0 Å². The minimum atomic E-state index is -2.61. The van der Waals surface area contributed by atoms with Crippen LogP contribution in [0.5, 0.6) is 23.0 Å². The first kappa shape index (κ1) is 39.4. The van der Waals surface area contributed by atoms with Crippen LogP contribution in [0.3, 0.4) is 0 Å². The van der Waals surface area contributed by atoms with Gasteiger partial charge in [-0.25, -0.2) is 9.18 Å². The van der Waals surface area contributed by atoms with E-state index in [2.05, 4.69) is 39.0 Å². The fourth-order valence-corrected chi connectivity index (χ4v) is 7.11. The van der Waals surface area contributed by atoms with Crippen molar-refractivity contribution >= 4 is 34.7 Å². The number of carbonyl (C=O) groups is 2. The first-order chi connectivity index (χ1) is 26.4. The molecule has 2 aliphatic carbocycles. The predicted octanol–water partition coefficient (Wildman–Crippen LogP) is 5.87. The van der Waals surface area contributed by atoms with Gasteiger partial charge >= 0.3 is 23.1 Å². The number of Topliss-reactive ketones (excluding diaryl/α,β-unsaturated/α-hetero) is 1. The Morgan fingerprint density at radius 1 is 0.769 bits per heavy atom. The molecule has 0 aliphatic heterocycles. The van der Waals surface area contributed by atoms with Crippen molar-refractivity contribution in [3.05, 3.63) is 77.2 Å². The van der Waals surface area contributed by atoms with E-state index in [1.54, 1.807) is 35.5 Å². The molecule has 0 fully saturated rings. The van der Waals surface area contributed by atoms with Crippen molar-refractivity contribution in [3.63, 3.8) is 0 Å². The zero-order valence-electron chi connectivity index (χ0n) is 38.8. The maximum Gasteiger partial charge on any atom is 2.00 e. The second-order valence-corrected chi connectivity index (χ2v) is 13.1. The summed E-state index contributed by atoms with van der Waals surface area (Å²) >= 11 is 0. The van der Waals surface area contributed by atoms with Crippen LogP contribution in [-0.4, -0.2) is 82.4 Å². The molecule has 286 valence electrons. The van der Waals surface area contributed by atoms with Gasteiger partial charge in [-0.15, -0.1) is 0 Å². The van der Waals surface area contributed by atoms with Crippen molar-refractivity contribution in [2.75, 3.05) is 42.6 Å². The van der Waals surface area contributed by atoms with Crippen LogP contribution in [0.4, 0.5) is 0 Å². The number of aryl methyl sites for hydroxylation is 2. The van der Waals surface area contributed by atoms with Gasteiger partial charge in [0.1, 0.15) is 28.8 Å². The molecule has 0 spiro atoms. The van der Waals surface area contributed by atoms with E-state index in [4.69, 9.17) is 32.0 Å². The fraction of sp³-hybridized carbons (Fsp3) is 0.548. The van der Waals surface area contributed by atoms with E-state index in [9.17, 15) is 9.59 Å². The van der Waals surface area contributed by atoms with E-state index >= 15 is 0 Å². The smallest absolute Gasteiger partial charge is 1.00 e. The number of nitrogens with zero attached hydrogens (tertiary/aromatic N) is 1. The number of hydrogen-bond acceptors (Lipinski definition) is 7. The third kappa shape index (κ3) is 12.4. The monoisotopic (exact) mass is 849 g/mol. The molecule has 10 heteroatoms. The first-order valence-corrected chi connectivity index (χ1v) is 17.4. The predicted molar refractivity (Wildman–Crippen MR) is 208 cm³/mol. The molecule has 0 saturated carbocycles. The molecule has 0 bridgehead atoms. The molecule has 2 aliphatic rings. The van der Waals surface area contributed by atoms with Gasteiger partial charge in [0, 0.05) is 40.0 Å². The maximum absolute atomic E-state index is 12.9. The Hall–Kier alpha value is -2.28. The standard InChI is InChI=1S/C21H31NO4.C20H28O3.CH3.HI.Mg/c1-7-8-15-12-18(24-4)20(19(13-15)25-5)17-11-14(2)9-10-16(17)21(23)22(3)26-6;1-6-7-15-11-18(22-4)20(19(12-15)23-5)17-10-13(2)8-9-16(17)14(3)21;;;/h11-13,16-17H,7-10H2,1-6H3;10-12,16-17H,6-9H2,1-5H3;1H3;1H;/q;;-1;;+2/p-1/t16-,17-;16-,17+;;;/m10.../s1/i;3D3;1D3;;. The molecule has 0 N–H and O–H groups in total. The number of amides is 1. The van der Waals surface area contributed by atoms with Crippen LogP contribution >= 0.6 is 0 Å². The van der Waals surface area contributed by atoms with Gasteiger partial charge in [-0.05, 0) is 94.6 Å². The average molecular weight is 850 g/mol. The van der Waals surface area contributed by atoms with Crippen LogP contribution in [0.25, 0.3) is 0 Å². The molecule has 0 heterocycles. The molecule has 4 rings (SSSR count). The number of halogens is 1. The largest absolute Gasteiger partial charge is 2.00 e. The molecule has 1 amide bonds. The van der Waals surface area contributed by atoms with Crippen molar-refractivity contribution in [2.45, 2.75) is 97.7 Å². The third-order valence-corrected chi connectivity index (χ3v) is 9.68. The fourth-order valence-electron chi connectivity index (χ4n) is 7.11. The van der Waals surface area contributed by atoms with E-state index in [0.717, 1.165) is 78.7 Å². The van der Waals surface area contributed by atoms with Crippen LogP contribution in [0.1, 0.15) is 115 Å². The molecule has 8 nitrogen and oxygen atoms in total. The average Bonchev–Trinajstić information content (AvgIpc) is 3.16. The summed E-state index contributed by atoms with van der Waals surface area (Å²) in [6.45, 7) is 5.76. The Bertz CT molecular complexity index is 1620. The van der Waals surface area contributed by atoms with Gasteiger partial charge in [0.25, 0.3) is 0 Å². The second-order valence-electron chi connectivity index (χ2n) is 13.1. The van der Waals surface area contributed by atoms with E-state index in [1.807, 2.05) is 25.1 Å². The zero-order chi connectivity index (χ0) is 42.3. The topological polar surface area (TPSA) is 83.5 Å². The van der Waals surface area contributed by atoms with Crippen molar-refractivity contribution in [1.82, 2.24) is 5.06 Å². The molecule has 0 aromatic heterocycles. The summed E-state index contributed by atoms with van der Waals surface area (Å²) in [5.74, 6) is 0.861. The number of methoxy groups -OCH3 is 4. The molecule has 4 atom stereocenters. The van der Waals surface area contributed by atoms with Crippen LogP contribution in [0, 0.1) is 19.2 Å². The molecule has 52 heavy (non-hydrogen) atoms. The molecule has 2 aromatic carbocycles. The molecule has 0 saturated heterocycles. The number of rotatable bonds is 13. The molecular weight excluding hydrogens is 782 g/mol. The number of ether oxygens (including phenoxy) is 4. The van der Waals surface area contributed by atoms with Gasteiger partial charge in [-0.2, -0.15) is 0 Å². The summed E-state index contributed by atoms with van der Waals surface area (Å²) in [4.78, 5) is 30.6. The Balaban J connectivity index is 0.000000994. The number of hydroxylamine groups is 2. The van der Waals surface area contributed by atoms with Gasteiger partial charge in [0.2, 0.25) is 5.91 Å². The quantitative estimate of drug-likeness (QED) is 0.0820. The summed E-state index contributed by atoms with van der Waals surface area (Å²) in [5, 5.41) is 1.32. The van der Waals surface area contributed by atoms with Crippen molar-refractivity contribution < 1.29 is 65.6 Å². The second kappa shape index (κ2) is 24.2. The summed E-state index contributed by atoms with van der Waals surface area (Å²) < 4.78 is 62.8. The SMILES string of the molecule is CCCc1cc(OC)c([C@@H]2C=C(C)CC[C@H]2C(=O)N(C)OC)c(OC)c1.[2H]C([2H])([2H])C(=O)[C@@H]1CCC(C)=C[C@H]1c1c(OC)cc(CCC)cc1OC.[2H][C-]([2H])[2H].[I-].[Mg+2]. The van der Waals surface area contributed by atoms with Crippen LogP contribution < -0.4 is 42.9 Å². The Morgan fingerprint density at radius 2 is 1.13 bits per heavy atom. The summed E-state index contributed by atoms with van der Waals surface area (Å²) in [6, 6.07) is 8.08. The van der Waals surface area contributed by atoms with Crippen molar-refractivity contribution in [2.24, 2.45) is 11.8 Å². The van der Waals surface area contributed by atoms with Crippen molar-refractivity contribution in [3.8, 4) is 23.0 Å². The molecule has 0 radical (unpaired) electrons. The Kier molecular flexibility index (Phi) is 18.3.